The van der Waals surface area contributed by atoms with Crippen molar-refractivity contribution < 1.29 is 9.90 Å². The van der Waals surface area contributed by atoms with Crippen LogP contribution in [0.15, 0.2) is 24.4 Å². The highest BCUT2D eigenvalue weighted by Gasteiger charge is 2.11. The lowest BCUT2D eigenvalue weighted by Crippen LogP contribution is -2.12. The second-order valence-corrected chi connectivity index (χ2v) is 3.86. The van der Waals surface area contributed by atoms with E-state index in [1.54, 1.807) is 32.0 Å². The first-order valence-corrected chi connectivity index (χ1v) is 5.19. The summed E-state index contributed by atoms with van der Waals surface area (Å²) in [4.78, 5) is 11.9. The standard InChI is InChI=1S/C12H13N3O2/c1-7-5-9(3-4-11(7)16)14-12(17)10-6-13-15-8(10)2/h3-6,16H,1-2H3,(H,13,15)(H,14,17). The average Bonchev–Trinajstić information content (AvgIpc) is 2.70. The minimum atomic E-state index is -0.221. The molecule has 1 heterocycles. The van der Waals surface area contributed by atoms with Crippen LogP contribution in [0.1, 0.15) is 21.6 Å². The van der Waals surface area contributed by atoms with Crippen LogP contribution in [0.2, 0.25) is 0 Å². The number of rotatable bonds is 2. The van der Waals surface area contributed by atoms with Crippen LogP contribution in [0, 0.1) is 13.8 Å². The van der Waals surface area contributed by atoms with Crippen molar-refractivity contribution in [1.82, 2.24) is 10.2 Å². The molecule has 17 heavy (non-hydrogen) atoms. The zero-order chi connectivity index (χ0) is 12.4. The molecule has 0 aliphatic heterocycles. The minimum Gasteiger partial charge on any atom is -0.508 e. The molecule has 0 aliphatic rings. The van der Waals surface area contributed by atoms with E-state index < -0.39 is 0 Å². The fraction of sp³-hybridized carbons (Fsp3) is 0.167. The third-order valence-electron chi connectivity index (χ3n) is 2.53. The van der Waals surface area contributed by atoms with Gasteiger partial charge >= 0.3 is 0 Å². The molecule has 0 aliphatic carbocycles. The number of aromatic nitrogens is 2. The van der Waals surface area contributed by atoms with Crippen molar-refractivity contribution in [2.45, 2.75) is 13.8 Å². The Bertz CT molecular complexity index is 561. The predicted molar refractivity (Wildman–Crippen MR) is 64.1 cm³/mol. The van der Waals surface area contributed by atoms with Crippen molar-refractivity contribution in [1.29, 1.82) is 0 Å². The Kier molecular flexibility index (Phi) is 2.82. The molecule has 0 unspecified atom stereocenters. The number of phenolic OH excluding ortho intramolecular Hbond substituents is 1. The molecular weight excluding hydrogens is 218 g/mol. The van der Waals surface area contributed by atoms with Crippen LogP contribution < -0.4 is 5.32 Å². The van der Waals surface area contributed by atoms with Crippen LogP contribution in [0.4, 0.5) is 5.69 Å². The van der Waals surface area contributed by atoms with Crippen molar-refractivity contribution in [2.24, 2.45) is 0 Å². The number of aryl methyl sites for hydroxylation is 2. The quantitative estimate of drug-likeness (QED) is 0.691. The third-order valence-corrected chi connectivity index (χ3v) is 2.53. The van der Waals surface area contributed by atoms with Crippen LogP contribution in [0.3, 0.4) is 0 Å². The lowest BCUT2D eigenvalue weighted by molar-refractivity contribution is 0.102. The number of anilines is 1. The molecule has 0 radical (unpaired) electrons. The Morgan fingerprint density at radius 2 is 2.18 bits per heavy atom. The molecule has 0 saturated heterocycles. The van der Waals surface area contributed by atoms with Gasteiger partial charge < -0.3 is 10.4 Å². The van der Waals surface area contributed by atoms with Gasteiger partial charge in [0.2, 0.25) is 0 Å². The van der Waals surface area contributed by atoms with E-state index in [1.807, 2.05) is 0 Å². The van der Waals surface area contributed by atoms with E-state index in [-0.39, 0.29) is 11.7 Å². The van der Waals surface area contributed by atoms with E-state index in [4.69, 9.17) is 0 Å². The van der Waals surface area contributed by atoms with Crippen molar-refractivity contribution in [3.05, 3.63) is 41.2 Å². The van der Waals surface area contributed by atoms with Crippen LogP contribution in [0.25, 0.3) is 0 Å². The van der Waals surface area contributed by atoms with Crippen molar-refractivity contribution >= 4 is 11.6 Å². The number of aromatic hydroxyl groups is 1. The summed E-state index contributed by atoms with van der Waals surface area (Å²) in [6.45, 7) is 3.55. The van der Waals surface area contributed by atoms with Gasteiger partial charge in [-0.25, -0.2) is 0 Å². The maximum absolute atomic E-state index is 11.9. The number of nitrogens with one attached hydrogen (secondary N) is 2. The molecule has 0 fully saturated rings. The highest BCUT2D eigenvalue weighted by Crippen LogP contribution is 2.20. The molecule has 1 amide bonds. The summed E-state index contributed by atoms with van der Waals surface area (Å²) in [5, 5.41) is 18.6. The summed E-state index contributed by atoms with van der Waals surface area (Å²) in [6, 6.07) is 4.91. The van der Waals surface area contributed by atoms with E-state index in [2.05, 4.69) is 15.5 Å². The maximum atomic E-state index is 11.9. The zero-order valence-electron chi connectivity index (χ0n) is 9.61. The predicted octanol–water partition coefficient (Wildman–Crippen LogP) is 1.98. The van der Waals surface area contributed by atoms with E-state index in [9.17, 15) is 9.90 Å². The summed E-state index contributed by atoms with van der Waals surface area (Å²) in [5.41, 5.74) is 2.59. The Labute approximate surface area is 98.5 Å². The van der Waals surface area contributed by atoms with Crippen molar-refractivity contribution in [3.8, 4) is 5.75 Å². The highest BCUT2D eigenvalue weighted by atomic mass is 16.3. The van der Waals surface area contributed by atoms with E-state index in [1.165, 1.54) is 6.20 Å². The van der Waals surface area contributed by atoms with Crippen molar-refractivity contribution in [2.75, 3.05) is 5.32 Å². The molecule has 3 N–H and O–H groups in total. The van der Waals surface area contributed by atoms with Crippen LogP contribution in [-0.2, 0) is 0 Å². The van der Waals surface area contributed by atoms with Gasteiger partial charge in [0.1, 0.15) is 5.75 Å². The van der Waals surface area contributed by atoms with Gasteiger partial charge in [0.15, 0.2) is 0 Å². The van der Waals surface area contributed by atoms with Gasteiger partial charge in [-0.3, -0.25) is 9.89 Å². The molecule has 0 atom stereocenters. The molecule has 2 aromatic rings. The highest BCUT2D eigenvalue weighted by molar-refractivity contribution is 6.04. The Morgan fingerprint density at radius 1 is 1.41 bits per heavy atom. The monoisotopic (exact) mass is 231 g/mol. The summed E-state index contributed by atoms with van der Waals surface area (Å²) in [7, 11) is 0. The van der Waals surface area contributed by atoms with E-state index >= 15 is 0 Å². The molecule has 5 heteroatoms. The molecule has 0 bridgehead atoms. The van der Waals surface area contributed by atoms with E-state index in [0.29, 0.717) is 16.8 Å². The normalized spacial score (nSPS) is 10.2. The second-order valence-electron chi connectivity index (χ2n) is 3.86. The maximum Gasteiger partial charge on any atom is 0.259 e. The summed E-state index contributed by atoms with van der Waals surface area (Å²) in [5.74, 6) is -0.0103. The number of phenols is 1. The number of hydrogen-bond donors (Lipinski definition) is 3. The first kappa shape index (κ1) is 11.2. The van der Waals surface area contributed by atoms with Gasteiger partial charge in [0, 0.05) is 11.4 Å². The topological polar surface area (TPSA) is 78.0 Å². The fourth-order valence-electron chi connectivity index (χ4n) is 1.51. The van der Waals surface area contributed by atoms with Gasteiger partial charge in [0.25, 0.3) is 5.91 Å². The van der Waals surface area contributed by atoms with Gasteiger partial charge in [-0.2, -0.15) is 5.10 Å². The lowest BCUT2D eigenvalue weighted by Gasteiger charge is -2.06. The smallest absolute Gasteiger partial charge is 0.259 e. The molecule has 5 nitrogen and oxygen atoms in total. The molecule has 88 valence electrons. The molecule has 0 spiro atoms. The first-order chi connectivity index (χ1) is 8.08. The fourth-order valence-corrected chi connectivity index (χ4v) is 1.51. The number of benzene rings is 1. The SMILES string of the molecule is Cc1cc(NC(=O)c2cn[nH]c2C)ccc1O. The molecular formula is C12H13N3O2. The molecule has 0 saturated carbocycles. The largest absolute Gasteiger partial charge is 0.508 e. The summed E-state index contributed by atoms with van der Waals surface area (Å²) in [6.07, 6.45) is 1.48. The van der Waals surface area contributed by atoms with Gasteiger partial charge in [-0.05, 0) is 37.6 Å². The summed E-state index contributed by atoms with van der Waals surface area (Å²) >= 11 is 0. The number of carbonyl (C=O) groups excluding carboxylic acids is 1. The molecule has 2 rings (SSSR count). The number of nitrogens with zero attached hydrogens (tertiary/aromatic N) is 1. The zero-order valence-corrected chi connectivity index (χ0v) is 9.61. The van der Waals surface area contributed by atoms with Crippen LogP contribution >= 0.6 is 0 Å². The molecule has 1 aromatic carbocycles. The first-order valence-electron chi connectivity index (χ1n) is 5.19. The Balaban J connectivity index is 2.19. The van der Waals surface area contributed by atoms with E-state index in [0.717, 1.165) is 5.69 Å². The van der Waals surface area contributed by atoms with Gasteiger partial charge in [-0.15, -0.1) is 0 Å². The minimum absolute atomic E-state index is 0.211. The number of hydrogen-bond acceptors (Lipinski definition) is 3. The van der Waals surface area contributed by atoms with Crippen LogP contribution in [0.5, 0.6) is 5.75 Å². The third kappa shape index (κ3) is 2.28. The lowest BCUT2D eigenvalue weighted by atomic mass is 10.2. The average molecular weight is 231 g/mol. The Morgan fingerprint density at radius 3 is 2.76 bits per heavy atom. The van der Waals surface area contributed by atoms with Gasteiger partial charge in [-0.1, -0.05) is 0 Å². The summed E-state index contributed by atoms with van der Waals surface area (Å²) < 4.78 is 0. The van der Waals surface area contributed by atoms with Gasteiger partial charge in [0.05, 0.1) is 11.8 Å². The number of H-pyrrole nitrogens is 1. The Hall–Kier alpha value is -2.30. The van der Waals surface area contributed by atoms with Crippen LogP contribution in [-0.4, -0.2) is 21.2 Å². The number of aromatic amines is 1. The van der Waals surface area contributed by atoms with Crippen molar-refractivity contribution in [3.63, 3.8) is 0 Å². The second kappa shape index (κ2) is 4.29. The number of amides is 1. The molecule has 1 aromatic heterocycles. The number of carbonyl (C=O) groups is 1.